The lowest BCUT2D eigenvalue weighted by Gasteiger charge is -2.09. The highest BCUT2D eigenvalue weighted by atomic mass is 16.3. The molecule has 1 aromatic heterocycles. The molecule has 0 aliphatic carbocycles. The molecule has 1 N–H and O–H groups in total. The third kappa shape index (κ3) is 2.47. The minimum Gasteiger partial charge on any atom is -0.382 e. The lowest BCUT2D eigenvalue weighted by atomic mass is 10.1. The van der Waals surface area contributed by atoms with Crippen LogP contribution in [0, 0.1) is 18.3 Å². The van der Waals surface area contributed by atoms with Crippen molar-refractivity contribution in [3.05, 3.63) is 59.2 Å². The van der Waals surface area contributed by atoms with Crippen LogP contribution in [0.25, 0.3) is 0 Å². The first kappa shape index (κ1) is 11.2. The lowest BCUT2D eigenvalue weighted by Crippen LogP contribution is -2.03. The van der Waals surface area contributed by atoms with Crippen LogP contribution in [0.4, 0.5) is 0 Å². The van der Waals surface area contributed by atoms with Crippen LogP contribution in [-0.2, 0) is 0 Å². The van der Waals surface area contributed by atoms with Gasteiger partial charge in [-0.25, -0.2) is 0 Å². The van der Waals surface area contributed by atoms with E-state index in [0.29, 0.717) is 16.8 Å². The highest BCUT2D eigenvalue weighted by molar-refractivity contribution is 5.34. The summed E-state index contributed by atoms with van der Waals surface area (Å²) in [5, 5.41) is 18.7. The van der Waals surface area contributed by atoms with Crippen LogP contribution in [0.2, 0.25) is 0 Å². The number of nitriles is 1. The van der Waals surface area contributed by atoms with Crippen LogP contribution >= 0.6 is 0 Å². The van der Waals surface area contributed by atoms with Crippen LogP contribution in [0.15, 0.2) is 36.7 Å². The van der Waals surface area contributed by atoms with Gasteiger partial charge in [0, 0.05) is 6.20 Å². The standard InChI is InChI=1S/C13H11N3O/c1-9-7-16-12(8-15-9)13(17)11-4-2-10(6-14)3-5-11/h2-5,7-8,13,17H,1H3. The summed E-state index contributed by atoms with van der Waals surface area (Å²) in [5.74, 6) is 0. The largest absolute Gasteiger partial charge is 0.382 e. The van der Waals surface area contributed by atoms with Gasteiger partial charge in [-0.3, -0.25) is 9.97 Å². The van der Waals surface area contributed by atoms with E-state index in [1.54, 1.807) is 36.7 Å². The molecular formula is C13H11N3O. The average molecular weight is 225 g/mol. The number of hydrogen-bond acceptors (Lipinski definition) is 4. The fourth-order valence-corrected chi connectivity index (χ4v) is 1.45. The summed E-state index contributed by atoms with van der Waals surface area (Å²) in [7, 11) is 0. The van der Waals surface area contributed by atoms with Gasteiger partial charge in [0.05, 0.1) is 29.2 Å². The van der Waals surface area contributed by atoms with E-state index in [-0.39, 0.29) is 0 Å². The number of hydrogen-bond donors (Lipinski definition) is 1. The molecule has 0 aliphatic rings. The predicted molar refractivity (Wildman–Crippen MR) is 62.0 cm³/mol. The molecule has 1 unspecified atom stereocenters. The summed E-state index contributed by atoms with van der Waals surface area (Å²) in [5.41, 5.74) is 2.57. The monoisotopic (exact) mass is 225 g/mol. The van der Waals surface area contributed by atoms with Crippen LogP contribution in [0.3, 0.4) is 0 Å². The molecule has 0 aliphatic heterocycles. The molecule has 0 amide bonds. The Morgan fingerprint density at radius 3 is 2.41 bits per heavy atom. The lowest BCUT2D eigenvalue weighted by molar-refractivity contribution is 0.215. The van der Waals surface area contributed by atoms with Crippen molar-refractivity contribution in [2.24, 2.45) is 0 Å². The van der Waals surface area contributed by atoms with Crippen molar-refractivity contribution >= 4 is 0 Å². The van der Waals surface area contributed by atoms with E-state index >= 15 is 0 Å². The van der Waals surface area contributed by atoms with E-state index in [4.69, 9.17) is 5.26 Å². The Balaban J connectivity index is 2.27. The molecule has 0 saturated carbocycles. The second-order valence-corrected chi connectivity index (χ2v) is 3.72. The summed E-state index contributed by atoms with van der Waals surface area (Å²) in [4.78, 5) is 8.20. The highest BCUT2D eigenvalue weighted by Gasteiger charge is 2.11. The molecule has 0 fully saturated rings. The molecule has 17 heavy (non-hydrogen) atoms. The van der Waals surface area contributed by atoms with Crippen molar-refractivity contribution in [3.8, 4) is 6.07 Å². The fraction of sp³-hybridized carbons (Fsp3) is 0.154. The topological polar surface area (TPSA) is 69.8 Å². The Kier molecular flexibility index (Phi) is 3.12. The number of nitrogens with zero attached hydrogens (tertiary/aromatic N) is 3. The van der Waals surface area contributed by atoms with E-state index in [2.05, 4.69) is 9.97 Å². The minimum atomic E-state index is -0.809. The van der Waals surface area contributed by atoms with Crippen molar-refractivity contribution in [2.75, 3.05) is 0 Å². The van der Waals surface area contributed by atoms with Crippen LogP contribution in [0.1, 0.15) is 28.6 Å². The predicted octanol–water partition coefficient (Wildman–Crippen LogP) is 1.74. The van der Waals surface area contributed by atoms with E-state index in [0.717, 1.165) is 5.69 Å². The summed E-state index contributed by atoms with van der Waals surface area (Å²) in [6.45, 7) is 1.84. The van der Waals surface area contributed by atoms with Gasteiger partial charge in [0.25, 0.3) is 0 Å². The Hall–Kier alpha value is -2.25. The molecule has 0 bridgehead atoms. The first-order valence-corrected chi connectivity index (χ1v) is 5.17. The maximum Gasteiger partial charge on any atom is 0.123 e. The Bertz CT molecular complexity index is 540. The SMILES string of the molecule is Cc1cnc(C(O)c2ccc(C#N)cc2)cn1. The highest BCUT2D eigenvalue weighted by Crippen LogP contribution is 2.19. The van der Waals surface area contributed by atoms with Crippen LogP contribution in [-0.4, -0.2) is 15.1 Å². The molecular weight excluding hydrogens is 214 g/mol. The van der Waals surface area contributed by atoms with Crippen molar-refractivity contribution in [1.29, 1.82) is 5.26 Å². The first-order valence-electron chi connectivity index (χ1n) is 5.17. The maximum atomic E-state index is 10.1. The summed E-state index contributed by atoms with van der Waals surface area (Å²) in [6, 6.07) is 8.79. The van der Waals surface area contributed by atoms with Gasteiger partial charge in [-0.15, -0.1) is 0 Å². The van der Waals surface area contributed by atoms with E-state index in [1.807, 2.05) is 13.0 Å². The zero-order valence-electron chi connectivity index (χ0n) is 9.33. The van der Waals surface area contributed by atoms with Gasteiger partial charge in [0.1, 0.15) is 6.10 Å². The molecule has 0 spiro atoms. The minimum absolute atomic E-state index is 0.500. The van der Waals surface area contributed by atoms with Crippen molar-refractivity contribution in [3.63, 3.8) is 0 Å². The van der Waals surface area contributed by atoms with Gasteiger partial charge >= 0.3 is 0 Å². The van der Waals surface area contributed by atoms with Gasteiger partial charge in [-0.2, -0.15) is 5.26 Å². The molecule has 4 nitrogen and oxygen atoms in total. The summed E-state index contributed by atoms with van der Waals surface area (Å²) < 4.78 is 0. The van der Waals surface area contributed by atoms with Gasteiger partial charge in [-0.05, 0) is 24.6 Å². The van der Waals surface area contributed by atoms with E-state index in [9.17, 15) is 5.11 Å². The number of rotatable bonds is 2. The van der Waals surface area contributed by atoms with Crippen LogP contribution in [0.5, 0.6) is 0 Å². The molecule has 84 valence electrons. The maximum absolute atomic E-state index is 10.1. The summed E-state index contributed by atoms with van der Waals surface area (Å²) in [6.07, 6.45) is 2.36. The molecule has 0 radical (unpaired) electrons. The molecule has 2 rings (SSSR count). The number of aryl methyl sites for hydroxylation is 1. The zero-order valence-corrected chi connectivity index (χ0v) is 9.33. The average Bonchev–Trinajstić information content (AvgIpc) is 2.39. The molecule has 0 saturated heterocycles. The molecule has 1 atom stereocenters. The second-order valence-electron chi connectivity index (χ2n) is 3.72. The summed E-state index contributed by atoms with van der Waals surface area (Å²) >= 11 is 0. The van der Waals surface area contributed by atoms with E-state index in [1.165, 1.54) is 0 Å². The molecule has 4 heteroatoms. The fourth-order valence-electron chi connectivity index (χ4n) is 1.45. The van der Waals surface area contributed by atoms with Crippen LogP contribution < -0.4 is 0 Å². The van der Waals surface area contributed by atoms with Crippen molar-refractivity contribution in [1.82, 2.24) is 9.97 Å². The second kappa shape index (κ2) is 4.73. The number of aliphatic hydroxyl groups excluding tert-OH is 1. The third-order valence-electron chi connectivity index (χ3n) is 2.44. The Labute approximate surface area is 99.2 Å². The quantitative estimate of drug-likeness (QED) is 0.845. The third-order valence-corrected chi connectivity index (χ3v) is 2.44. The van der Waals surface area contributed by atoms with Gasteiger partial charge < -0.3 is 5.11 Å². The van der Waals surface area contributed by atoms with Crippen molar-refractivity contribution < 1.29 is 5.11 Å². The Morgan fingerprint density at radius 2 is 1.88 bits per heavy atom. The number of benzene rings is 1. The Morgan fingerprint density at radius 1 is 1.18 bits per heavy atom. The normalized spacial score (nSPS) is 11.8. The van der Waals surface area contributed by atoms with Gasteiger partial charge in [-0.1, -0.05) is 12.1 Å². The zero-order chi connectivity index (χ0) is 12.3. The molecule has 1 heterocycles. The van der Waals surface area contributed by atoms with Gasteiger partial charge in [0.2, 0.25) is 0 Å². The van der Waals surface area contributed by atoms with Crippen molar-refractivity contribution in [2.45, 2.75) is 13.0 Å². The molecule has 1 aromatic carbocycles. The molecule has 2 aromatic rings. The number of aromatic nitrogens is 2. The van der Waals surface area contributed by atoms with E-state index < -0.39 is 6.10 Å². The first-order chi connectivity index (χ1) is 8.20. The smallest absolute Gasteiger partial charge is 0.123 e. The van der Waals surface area contributed by atoms with Gasteiger partial charge in [0.15, 0.2) is 0 Å². The number of aliphatic hydroxyl groups is 1.